The van der Waals surface area contributed by atoms with Gasteiger partial charge in [0.15, 0.2) is 5.13 Å². The van der Waals surface area contributed by atoms with Crippen LogP contribution in [0.1, 0.15) is 39.3 Å². The van der Waals surface area contributed by atoms with Gasteiger partial charge in [-0.1, -0.05) is 25.2 Å². The number of anilines is 3. The van der Waals surface area contributed by atoms with Crippen LogP contribution in [0.3, 0.4) is 0 Å². The molecule has 0 bridgehead atoms. The number of nitrogens with one attached hydrogen (secondary N) is 2. The zero-order valence-electron chi connectivity index (χ0n) is 17.8. The minimum Gasteiger partial charge on any atom is -0.369 e. The van der Waals surface area contributed by atoms with Crippen LogP contribution < -0.4 is 10.2 Å². The van der Waals surface area contributed by atoms with Crippen LogP contribution in [-0.2, 0) is 0 Å². The predicted molar refractivity (Wildman–Crippen MR) is 125 cm³/mol. The molecule has 30 heavy (non-hydrogen) atoms. The minimum absolute atomic E-state index is 0.483. The van der Waals surface area contributed by atoms with Crippen LogP contribution >= 0.6 is 11.3 Å². The highest BCUT2D eigenvalue weighted by Gasteiger charge is 2.14. The summed E-state index contributed by atoms with van der Waals surface area (Å²) in [7, 11) is 0. The third-order valence-electron chi connectivity index (χ3n) is 5.26. The van der Waals surface area contributed by atoms with Crippen LogP contribution in [-0.4, -0.2) is 37.7 Å². The van der Waals surface area contributed by atoms with Gasteiger partial charge in [0.2, 0.25) is 0 Å². The van der Waals surface area contributed by atoms with E-state index in [1.54, 1.807) is 6.20 Å². The van der Waals surface area contributed by atoms with Gasteiger partial charge in [0.05, 0.1) is 11.9 Å². The van der Waals surface area contributed by atoms with Crippen LogP contribution in [0.15, 0.2) is 36.7 Å². The largest absolute Gasteiger partial charge is 0.369 e. The highest BCUT2D eigenvalue weighted by molar-refractivity contribution is 7.21. The van der Waals surface area contributed by atoms with Gasteiger partial charge in [-0.25, -0.2) is 15.0 Å². The molecular formula is C22H27N7S. The Balaban J connectivity index is 1.59. The van der Waals surface area contributed by atoms with E-state index in [9.17, 15) is 0 Å². The summed E-state index contributed by atoms with van der Waals surface area (Å²) in [4.78, 5) is 17.3. The highest BCUT2D eigenvalue weighted by Crippen LogP contribution is 2.30. The van der Waals surface area contributed by atoms with E-state index in [4.69, 9.17) is 4.98 Å². The predicted octanol–water partition coefficient (Wildman–Crippen LogP) is 5.54. The summed E-state index contributed by atoms with van der Waals surface area (Å²) in [6.45, 7) is 9.72. The van der Waals surface area contributed by atoms with Crippen molar-refractivity contribution in [3.8, 4) is 11.3 Å². The van der Waals surface area contributed by atoms with Gasteiger partial charge >= 0.3 is 0 Å². The normalized spacial score (nSPS) is 12.3. The van der Waals surface area contributed by atoms with Crippen molar-refractivity contribution in [1.82, 2.24) is 25.1 Å². The number of thiazole rings is 1. The summed E-state index contributed by atoms with van der Waals surface area (Å²) in [6, 6.07) is 8.64. The highest BCUT2D eigenvalue weighted by atomic mass is 32.1. The summed E-state index contributed by atoms with van der Waals surface area (Å²) < 4.78 is 0. The van der Waals surface area contributed by atoms with Crippen molar-refractivity contribution in [3.63, 3.8) is 0 Å². The lowest BCUT2D eigenvalue weighted by Crippen LogP contribution is -2.33. The average Bonchev–Trinajstić information content (AvgIpc) is 3.36. The molecule has 0 aliphatic carbocycles. The minimum atomic E-state index is 0.483. The van der Waals surface area contributed by atoms with E-state index in [0.29, 0.717) is 6.04 Å². The fourth-order valence-electron chi connectivity index (χ4n) is 3.47. The molecule has 0 amide bonds. The molecule has 0 saturated carbocycles. The van der Waals surface area contributed by atoms with Crippen LogP contribution in [0.2, 0.25) is 0 Å². The summed E-state index contributed by atoms with van der Waals surface area (Å²) in [5, 5.41) is 11.2. The fourth-order valence-corrected chi connectivity index (χ4v) is 4.32. The summed E-state index contributed by atoms with van der Waals surface area (Å²) in [5.41, 5.74) is 4.96. The van der Waals surface area contributed by atoms with Crippen LogP contribution in [0, 0.1) is 6.92 Å². The first-order valence-corrected chi connectivity index (χ1v) is 11.2. The number of aryl methyl sites for hydroxylation is 1. The second-order valence-corrected chi connectivity index (χ2v) is 8.40. The van der Waals surface area contributed by atoms with Crippen molar-refractivity contribution in [2.45, 2.75) is 46.6 Å². The first-order valence-electron chi connectivity index (χ1n) is 10.4. The monoisotopic (exact) mass is 421 g/mol. The topological polar surface area (TPSA) is 82.6 Å². The maximum atomic E-state index is 4.77. The van der Waals surface area contributed by atoms with E-state index in [0.717, 1.165) is 57.6 Å². The fraction of sp³-hybridized carbons (Fsp3) is 0.364. The molecule has 0 spiro atoms. The van der Waals surface area contributed by atoms with Crippen molar-refractivity contribution >= 4 is 38.3 Å². The van der Waals surface area contributed by atoms with E-state index >= 15 is 0 Å². The third-order valence-corrected chi connectivity index (χ3v) is 6.14. The maximum absolute atomic E-state index is 4.77. The van der Waals surface area contributed by atoms with E-state index in [1.807, 2.05) is 25.3 Å². The molecule has 1 atom stereocenters. The Hall–Kier alpha value is -3.00. The number of pyridine rings is 2. The summed E-state index contributed by atoms with van der Waals surface area (Å²) in [6.07, 6.45) is 5.87. The van der Waals surface area contributed by atoms with Crippen LogP contribution in [0.4, 0.5) is 16.6 Å². The van der Waals surface area contributed by atoms with Crippen molar-refractivity contribution in [1.29, 1.82) is 0 Å². The lowest BCUT2D eigenvalue weighted by atomic mass is 10.2. The molecule has 0 saturated heterocycles. The molecular weight excluding hydrogens is 394 g/mol. The van der Waals surface area contributed by atoms with Crippen LogP contribution in [0.25, 0.3) is 21.6 Å². The Labute approximate surface area is 180 Å². The molecule has 7 nitrogen and oxygen atoms in total. The van der Waals surface area contributed by atoms with Gasteiger partial charge in [-0.15, -0.1) is 0 Å². The van der Waals surface area contributed by atoms with Crippen molar-refractivity contribution in [2.75, 3.05) is 16.8 Å². The molecule has 4 heterocycles. The second kappa shape index (κ2) is 8.79. The Bertz CT molecular complexity index is 1130. The Morgan fingerprint density at radius 3 is 2.80 bits per heavy atom. The molecule has 156 valence electrons. The molecule has 0 fully saturated rings. The molecule has 4 aromatic heterocycles. The summed E-state index contributed by atoms with van der Waals surface area (Å²) in [5.74, 6) is 0.793. The smallest absolute Gasteiger partial charge is 0.190 e. The molecule has 0 aliphatic rings. The lowest BCUT2D eigenvalue weighted by molar-refractivity contribution is 0.610. The standard InChI is InChI=1S/C22H27N7S/c1-5-11-29(14(3)6-2)16-9-10-23-20(12-16)27-22-26-19-8-7-18(25-21(19)30-22)17-13-24-28-15(17)4/h7-10,12-14H,5-6,11H2,1-4H3,(H,24,28)(H,23,26,27). The quantitative estimate of drug-likeness (QED) is 0.388. The van der Waals surface area contributed by atoms with Crippen LogP contribution in [0.5, 0.6) is 0 Å². The molecule has 0 radical (unpaired) electrons. The van der Waals surface area contributed by atoms with E-state index in [-0.39, 0.29) is 0 Å². The average molecular weight is 422 g/mol. The van der Waals surface area contributed by atoms with E-state index in [2.05, 4.69) is 63.3 Å². The first-order chi connectivity index (χ1) is 14.6. The zero-order valence-corrected chi connectivity index (χ0v) is 18.6. The van der Waals surface area contributed by atoms with Gasteiger partial charge in [-0.05, 0) is 44.9 Å². The molecule has 1 unspecified atom stereocenters. The first kappa shape index (κ1) is 20.3. The lowest BCUT2D eigenvalue weighted by Gasteiger charge is -2.30. The zero-order chi connectivity index (χ0) is 21.1. The van der Waals surface area contributed by atoms with Gasteiger partial charge in [0.1, 0.15) is 16.2 Å². The van der Waals surface area contributed by atoms with Crippen molar-refractivity contribution in [3.05, 3.63) is 42.4 Å². The van der Waals surface area contributed by atoms with Gasteiger partial charge in [-0.2, -0.15) is 5.10 Å². The molecule has 2 N–H and O–H groups in total. The number of rotatable bonds is 8. The van der Waals surface area contributed by atoms with E-state index < -0.39 is 0 Å². The van der Waals surface area contributed by atoms with Crippen molar-refractivity contribution in [2.24, 2.45) is 0 Å². The number of aromatic amines is 1. The molecule has 4 aromatic rings. The number of H-pyrrole nitrogens is 1. The number of aromatic nitrogens is 5. The summed E-state index contributed by atoms with van der Waals surface area (Å²) >= 11 is 1.53. The number of hydrogen-bond donors (Lipinski definition) is 2. The SMILES string of the molecule is CCCN(c1ccnc(Nc2nc3ccc(-c4cn[nH]c4C)nc3s2)c1)C(C)CC. The van der Waals surface area contributed by atoms with Gasteiger partial charge in [0.25, 0.3) is 0 Å². The number of nitrogens with zero attached hydrogens (tertiary/aromatic N) is 5. The molecule has 8 heteroatoms. The Morgan fingerprint density at radius 1 is 1.20 bits per heavy atom. The second-order valence-electron chi connectivity index (χ2n) is 7.42. The molecule has 0 aromatic carbocycles. The third kappa shape index (κ3) is 4.14. The van der Waals surface area contributed by atoms with Crippen molar-refractivity contribution < 1.29 is 0 Å². The number of hydrogen-bond acceptors (Lipinski definition) is 7. The van der Waals surface area contributed by atoms with E-state index in [1.165, 1.54) is 17.0 Å². The molecule has 0 aliphatic heterocycles. The maximum Gasteiger partial charge on any atom is 0.190 e. The van der Waals surface area contributed by atoms with Gasteiger partial charge < -0.3 is 10.2 Å². The number of fused-ring (bicyclic) bond motifs is 1. The molecule has 4 rings (SSSR count). The van der Waals surface area contributed by atoms with Gasteiger partial charge in [-0.3, -0.25) is 5.10 Å². The Kier molecular flexibility index (Phi) is 5.94. The van der Waals surface area contributed by atoms with Gasteiger partial charge in [0, 0.05) is 41.8 Å². The Morgan fingerprint density at radius 2 is 2.07 bits per heavy atom.